The van der Waals surface area contributed by atoms with Crippen molar-refractivity contribution in [1.82, 2.24) is 0 Å². The number of ether oxygens (including phenoxy) is 4. The molecule has 0 bridgehead atoms. The minimum Gasteiger partial charge on any atom is -0.491 e. The fraction of sp³-hybridized carbons (Fsp3) is 0.444. The monoisotopic (exact) mass is 422 g/mol. The first-order valence-corrected chi connectivity index (χ1v) is 11.1. The molecule has 166 valence electrons. The fourth-order valence-electron chi connectivity index (χ4n) is 3.51. The van der Waals surface area contributed by atoms with Crippen LogP contribution in [0.4, 0.5) is 0 Å². The van der Waals surface area contributed by atoms with Gasteiger partial charge in [0, 0.05) is 17.4 Å². The van der Waals surface area contributed by atoms with Crippen LogP contribution in [0.25, 0.3) is 11.3 Å². The third kappa shape index (κ3) is 5.86. The van der Waals surface area contributed by atoms with Gasteiger partial charge in [-0.25, -0.2) is 0 Å². The third-order valence-corrected chi connectivity index (χ3v) is 4.40. The van der Waals surface area contributed by atoms with E-state index < -0.39 is 0 Å². The number of hydrogen-bond donors (Lipinski definition) is 0. The van der Waals surface area contributed by atoms with Crippen LogP contribution < -0.4 is 29.4 Å². The van der Waals surface area contributed by atoms with Crippen LogP contribution >= 0.6 is 0 Å². The minimum atomic E-state index is 0.0538. The lowest BCUT2D eigenvalue weighted by Crippen LogP contribution is -2.28. The van der Waals surface area contributed by atoms with Crippen LogP contribution in [-0.2, 0) is 0 Å². The quantitative estimate of drug-likeness (QED) is 0.571. The predicted molar refractivity (Wildman–Crippen MR) is 126 cm³/mol. The molecule has 1 aliphatic carbocycles. The van der Waals surface area contributed by atoms with E-state index in [4.69, 9.17) is 18.9 Å². The summed E-state index contributed by atoms with van der Waals surface area (Å²) in [4.78, 5) is 0. The molecule has 0 fully saturated rings. The van der Waals surface area contributed by atoms with E-state index in [-0.39, 0.29) is 24.4 Å². The molecule has 4 heteroatoms. The van der Waals surface area contributed by atoms with E-state index in [0.29, 0.717) is 0 Å². The fourth-order valence-corrected chi connectivity index (χ4v) is 3.51. The third-order valence-electron chi connectivity index (χ3n) is 4.40. The SMILES string of the molecule is CC(C)Oc1cc(OC(C)C)cc(C2=c3cc(OC(C)C)cc(OC(C)C)c3=C=C2)c1. The van der Waals surface area contributed by atoms with Gasteiger partial charge in [-0.05, 0) is 90.8 Å². The second kappa shape index (κ2) is 9.53. The molecule has 0 heterocycles. The summed E-state index contributed by atoms with van der Waals surface area (Å²) in [5.74, 6) is 3.13. The van der Waals surface area contributed by atoms with Gasteiger partial charge in [0.05, 0.1) is 29.6 Å². The smallest absolute Gasteiger partial charge is 0.138 e. The Morgan fingerprint density at radius 3 is 1.55 bits per heavy atom. The van der Waals surface area contributed by atoms with Gasteiger partial charge in [0.25, 0.3) is 0 Å². The second-order valence-electron chi connectivity index (χ2n) is 8.91. The molecule has 3 rings (SSSR count). The lowest BCUT2D eigenvalue weighted by atomic mass is 10.0. The van der Waals surface area contributed by atoms with Gasteiger partial charge in [-0.15, -0.1) is 5.73 Å². The Hall–Kier alpha value is -2.84. The Morgan fingerprint density at radius 1 is 0.581 bits per heavy atom. The summed E-state index contributed by atoms with van der Waals surface area (Å²) in [7, 11) is 0. The average molecular weight is 423 g/mol. The molecule has 2 aromatic carbocycles. The average Bonchev–Trinajstić information content (AvgIpc) is 3.03. The van der Waals surface area contributed by atoms with Gasteiger partial charge < -0.3 is 18.9 Å². The van der Waals surface area contributed by atoms with E-state index in [1.165, 1.54) is 0 Å². The van der Waals surface area contributed by atoms with Crippen molar-refractivity contribution in [2.75, 3.05) is 0 Å². The molecule has 0 radical (unpaired) electrons. The van der Waals surface area contributed by atoms with E-state index in [9.17, 15) is 0 Å². The van der Waals surface area contributed by atoms with Crippen molar-refractivity contribution in [2.24, 2.45) is 0 Å². The van der Waals surface area contributed by atoms with Gasteiger partial charge in [-0.1, -0.05) is 0 Å². The van der Waals surface area contributed by atoms with Crippen LogP contribution in [0, 0.1) is 0 Å². The highest BCUT2D eigenvalue weighted by molar-refractivity contribution is 5.80. The van der Waals surface area contributed by atoms with Crippen molar-refractivity contribution >= 4 is 11.3 Å². The van der Waals surface area contributed by atoms with Crippen LogP contribution in [0.1, 0.15) is 61.0 Å². The van der Waals surface area contributed by atoms with Crippen molar-refractivity contribution in [2.45, 2.75) is 79.8 Å². The molecule has 0 saturated heterocycles. The summed E-state index contributed by atoms with van der Waals surface area (Å²) in [6.45, 7) is 16.2. The van der Waals surface area contributed by atoms with Gasteiger partial charge in [0.15, 0.2) is 0 Å². The molecule has 0 amide bonds. The maximum absolute atomic E-state index is 6.09. The Morgan fingerprint density at radius 2 is 1.06 bits per heavy atom. The van der Waals surface area contributed by atoms with E-state index in [2.05, 4.69) is 23.9 Å². The van der Waals surface area contributed by atoms with E-state index >= 15 is 0 Å². The molecule has 1 aliphatic rings. The molecule has 0 saturated carbocycles. The standard InChI is InChI=1S/C27H34O4/c1-16(2)28-21-11-20(12-22(13-21)29-17(3)4)24-9-10-25-26(24)14-23(30-18(5)6)15-27(25)31-19(7)8/h9,11-19H,1-8H3. The number of allylic oxidation sites excluding steroid dienone is 1. The summed E-state index contributed by atoms with van der Waals surface area (Å²) in [5.41, 5.74) is 5.45. The minimum absolute atomic E-state index is 0.0538. The number of hydrogen-bond acceptors (Lipinski definition) is 4. The molecule has 31 heavy (non-hydrogen) atoms. The van der Waals surface area contributed by atoms with Gasteiger partial charge in [0.1, 0.15) is 23.0 Å². The zero-order chi connectivity index (χ0) is 22.7. The summed E-state index contributed by atoms with van der Waals surface area (Å²) >= 11 is 0. The maximum atomic E-state index is 6.09. The van der Waals surface area contributed by atoms with E-state index in [1.807, 2.05) is 73.6 Å². The van der Waals surface area contributed by atoms with Crippen LogP contribution in [0.5, 0.6) is 23.0 Å². The van der Waals surface area contributed by atoms with Crippen molar-refractivity contribution in [1.29, 1.82) is 0 Å². The summed E-state index contributed by atoms with van der Waals surface area (Å²) in [5, 5.41) is 1.98. The zero-order valence-electron chi connectivity index (χ0n) is 19.9. The maximum Gasteiger partial charge on any atom is 0.138 e. The largest absolute Gasteiger partial charge is 0.491 e. The first kappa shape index (κ1) is 22.8. The molecular formula is C27H34O4. The first-order chi connectivity index (χ1) is 14.6. The van der Waals surface area contributed by atoms with Crippen molar-refractivity contribution < 1.29 is 18.9 Å². The molecule has 0 unspecified atom stereocenters. The van der Waals surface area contributed by atoms with Crippen LogP contribution in [0.3, 0.4) is 0 Å². The number of benzene rings is 2. The Balaban J connectivity index is 2.20. The van der Waals surface area contributed by atoms with E-state index in [1.54, 1.807) is 0 Å². The van der Waals surface area contributed by atoms with Crippen LogP contribution in [-0.4, -0.2) is 24.4 Å². The normalized spacial score (nSPS) is 12.6. The highest BCUT2D eigenvalue weighted by Crippen LogP contribution is 2.29. The Labute approximate surface area is 185 Å². The number of fused-ring (bicyclic) bond motifs is 1. The number of rotatable bonds is 9. The summed E-state index contributed by atoms with van der Waals surface area (Å²) in [6, 6.07) is 10.1. The molecule has 4 nitrogen and oxygen atoms in total. The van der Waals surface area contributed by atoms with E-state index in [0.717, 1.165) is 44.6 Å². The highest BCUT2D eigenvalue weighted by atomic mass is 16.5. The summed E-state index contributed by atoms with van der Waals surface area (Å²) < 4.78 is 24.1. The molecule has 2 aromatic rings. The molecule has 0 atom stereocenters. The lowest BCUT2D eigenvalue weighted by molar-refractivity contribution is 0.227. The van der Waals surface area contributed by atoms with Gasteiger partial charge in [-0.3, -0.25) is 0 Å². The van der Waals surface area contributed by atoms with Gasteiger partial charge in [0.2, 0.25) is 0 Å². The van der Waals surface area contributed by atoms with Crippen LogP contribution in [0.15, 0.2) is 36.4 Å². The molecule has 0 aromatic heterocycles. The second-order valence-corrected chi connectivity index (χ2v) is 8.91. The molecule has 0 spiro atoms. The zero-order valence-corrected chi connectivity index (χ0v) is 19.9. The van der Waals surface area contributed by atoms with Crippen molar-refractivity contribution in [3.8, 4) is 23.0 Å². The molecular weight excluding hydrogens is 388 g/mol. The highest BCUT2D eigenvalue weighted by Gasteiger charge is 2.15. The van der Waals surface area contributed by atoms with Crippen molar-refractivity contribution in [3.63, 3.8) is 0 Å². The molecule has 0 aliphatic heterocycles. The van der Waals surface area contributed by atoms with Crippen LogP contribution in [0.2, 0.25) is 0 Å². The molecule has 0 N–H and O–H groups in total. The summed E-state index contributed by atoms with van der Waals surface area (Å²) in [6.07, 6.45) is 2.27. The first-order valence-electron chi connectivity index (χ1n) is 11.1. The van der Waals surface area contributed by atoms with Gasteiger partial charge in [-0.2, -0.15) is 0 Å². The lowest BCUT2D eigenvalue weighted by Gasteiger charge is -2.16. The Kier molecular flexibility index (Phi) is 7.02. The van der Waals surface area contributed by atoms with Crippen molar-refractivity contribution in [3.05, 3.63) is 52.4 Å². The predicted octanol–water partition coefficient (Wildman–Crippen LogP) is 4.98. The Bertz CT molecular complexity index is 1060. The topological polar surface area (TPSA) is 36.9 Å². The van der Waals surface area contributed by atoms with Gasteiger partial charge >= 0.3 is 0 Å².